The number of cyclic esters (lactones) is 1. The molecule has 96 valence electrons. The lowest BCUT2D eigenvalue weighted by atomic mass is 9.77. The normalized spacial score (nSPS) is 26.4. The number of carbonyl (C=O) groups is 1. The zero-order chi connectivity index (χ0) is 12.6. The monoisotopic (exact) mass is 245 g/mol. The summed E-state index contributed by atoms with van der Waals surface area (Å²) in [5.41, 5.74) is 0.852. The Balaban J connectivity index is 2.02. The Morgan fingerprint density at radius 1 is 1.17 bits per heavy atom. The molecule has 0 N–H and O–H groups in total. The lowest BCUT2D eigenvalue weighted by Gasteiger charge is -2.41. The number of anilines is 1. The molecule has 1 spiro atoms. The van der Waals surface area contributed by atoms with Crippen molar-refractivity contribution in [2.45, 2.75) is 50.7 Å². The molecule has 1 saturated carbocycles. The molecular formula is C15H19NO2. The number of nitrogens with zero attached hydrogens (tertiary/aromatic N) is 1. The third-order valence-electron chi connectivity index (χ3n) is 4.40. The lowest BCUT2D eigenvalue weighted by Crippen LogP contribution is -2.52. The van der Waals surface area contributed by atoms with Crippen LogP contribution in [0.25, 0.3) is 0 Å². The average Bonchev–Trinajstić information content (AvgIpc) is 2.63. The molecule has 1 atom stereocenters. The fourth-order valence-corrected chi connectivity index (χ4v) is 3.41. The Hall–Kier alpha value is -1.51. The molecule has 1 unspecified atom stereocenters. The van der Waals surface area contributed by atoms with Gasteiger partial charge < -0.3 is 4.74 Å². The van der Waals surface area contributed by atoms with Crippen LogP contribution in [0, 0.1) is 0 Å². The molecule has 3 rings (SSSR count). The van der Waals surface area contributed by atoms with Gasteiger partial charge in [-0.3, -0.25) is 4.90 Å². The first kappa shape index (κ1) is 11.6. The maximum atomic E-state index is 12.2. The van der Waals surface area contributed by atoms with Gasteiger partial charge in [0, 0.05) is 5.69 Å². The number of ether oxygens (including phenoxy) is 1. The van der Waals surface area contributed by atoms with Crippen molar-refractivity contribution < 1.29 is 9.53 Å². The zero-order valence-electron chi connectivity index (χ0n) is 10.8. The van der Waals surface area contributed by atoms with Crippen LogP contribution in [0.2, 0.25) is 0 Å². The first-order valence-corrected chi connectivity index (χ1v) is 6.80. The van der Waals surface area contributed by atoms with Gasteiger partial charge in [-0.2, -0.15) is 0 Å². The van der Waals surface area contributed by atoms with E-state index in [4.69, 9.17) is 4.74 Å². The summed E-state index contributed by atoms with van der Waals surface area (Å²) in [6.07, 6.45) is 5.55. The first-order valence-electron chi connectivity index (χ1n) is 6.80. The Morgan fingerprint density at radius 2 is 1.83 bits per heavy atom. The van der Waals surface area contributed by atoms with Gasteiger partial charge in [-0.15, -0.1) is 0 Å². The van der Waals surface area contributed by atoms with E-state index >= 15 is 0 Å². The number of amides is 1. The number of benzene rings is 1. The van der Waals surface area contributed by atoms with E-state index in [1.807, 2.05) is 42.2 Å². The molecule has 0 aromatic heterocycles. The molecule has 1 aliphatic carbocycles. The number of rotatable bonds is 1. The maximum absolute atomic E-state index is 12.2. The van der Waals surface area contributed by atoms with Gasteiger partial charge in [-0.05, 0) is 31.9 Å². The molecule has 1 saturated heterocycles. The number of hydrogen-bond donors (Lipinski definition) is 0. The lowest BCUT2D eigenvalue weighted by molar-refractivity contribution is 0.106. The van der Waals surface area contributed by atoms with Gasteiger partial charge >= 0.3 is 6.09 Å². The number of para-hydroxylation sites is 1. The fourth-order valence-electron chi connectivity index (χ4n) is 3.41. The summed E-state index contributed by atoms with van der Waals surface area (Å²) in [6.45, 7) is 2.03. The van der Waals surface area contributed by atoms with E-state index in [1.165, 1.54) is 19.3 Å². The van der Waals surface area contributed by atoms with Crippen molar-refractivity contribution in [2.24, 2.45) is 0 Å². The molecule has 1 amide bonds. The number of carbonyl (C=O) groups excluding carboxylic acids is 1. The minimum absolute atomic E-state index is 0.00879. The fraction of sp³-hybridized carbons (Fsp3) is 0.533. The standard InChI is InChI=1S/C15H19NO2/c1-12-15(10-6-3-7-11-15)16(14(17)18-12)13-8-4-2-5-9-13/h2,4-5,8-9,12H,3,6-7,10-11H2,1H3. The Kier molecular flexibility index (Phi) is 2.77. The Bertz CT molecular complexity index is 437. The van der Waals surface area contributed by atoms with E-state index in [-0.39, 0.29) is 17.7 Å². The molecule has 1 heterocycles. The van der Waals surface area contributed by atoms with Crippen molar-refractivity contribution in [3.63, 3.8) is 0 Å². The highest BCUT2D eigenvalue weighted by atomic mass is 16.6. The van der Waals surface area contributed by atoms with Crippen molar-refractivity contribution in [1.29, 1.82) is 0 Å². The minimum atomic E-state index is -0.185. The number of hydrogen-bond acceptors (Lipinski definition) is 2. The maximum Gasteiger partial charge on any atom is 0.415 e. The summed E-state index contributed by atoms with van der Waals surface area (Å²) in [6, 6.07) is 9.91. The highest BCUT2D eigenvalue weighted by Gasteiger charge is 2.53. The summed E-state index contributed by atoms with van der Waals surface area (Å²) < 4.78 is 5.51. The van der Waals surface area contributed by atoms with Crippen molar-refractivity contribution in [3.05, 3.63) is 30.3 Å². The zero-order valence-corrected chi connectivity index (χ0v) is 10.8. The summed E-state index contributed by atoms with van der Waals surface area (Å²) >= 11 is 0. The second-order valence-corrected chi connectivity index (χ2v) is 5.36. The van der Waals surface area contributed by atoms with E-state index in [9.17, 15) is 4.79 Å². The molecule has 18 heavy (non-hydrogen) atoms. The van der Waals surface area contributed by atoms with Crippen LogP contribution in [-0.2, 0) is 4.74 Å². The van der Waals surface area contributed by atoms with E-state index in [1.54, 1.807) is 0 Å². The van der Waals surface area contributed by atoms with Crippen LogP contribution in [-0.4, -0.2) is 17.7 Å². The molecule has 3 nitrogen and oxygen atoms in total. The van der Waals surface area contributed by atoms with E-state index in [0.717, 1.165) is 18.5 Å². The first-order chi connectivity index (χ1) is 8.74. The molecule has 1 aromatic rings. The van der Waals surface area contributed by atoms with Gasteiger partial charge in [0.2, 0.25) is 0 Å². The largest absolute Gasteiger partial charge is 0.444 e. The average molecular weight is 245 g/mol. The molecular weight excluding hydrogens is 226 g/mol. The molecule has 2 aliphatic rings. The van der Waals surface area contributed by atoms with Crippen LogP contribution in [0.5, 0.6) is 0 Å². The molecule has 3 heteroatoms. The van der Waals surface area contributed by atoms with Crippen LogP contribution in [0.3, 0.4) is 0 Å². The molecule has 1 aliphatic heterocycles. The van der Waals surface area contributed by atoms with Crippen molar-refractivity contribution in [1.82, 2.24) is 0 Å². The second kappa shape index (κ2) is 4.30. The second-order valence-electron chi connectivity index (χ2n) is 5.36. The molecule has 0 bridgehead atoms. The Labute approximate surface area is 108 Å². The predicted octanol–water partition coefficient (Wildman–Crippen LogP) is 3.73. The topological polar surface area (TPSA) is 29.5 Å². The van der Waals surface area contributed by atoms with Gasteiger partial charge in [-0.1, -0.05) is 37.5 Å². The SMILES string of the molecule is CC1OC(=O)N(c2ccccc2)C12CCCCC2. The summed E-state index contributed by atoms with van der Waals surface area (Å²) in [5, 5.41) is 0. The predicted molar refractivity (Wildman–Crippen MR) is 70.7 cm³/mol. The van der Waals surface area contributed by atoms with Gasteiger partial charge in [0.1, 0.15) is 6.10 Å². The van der Waals surface area contributed by atoms with Gasteiger partial charge in [0.15, 0.2) is 0 Å². The summed E-state index contributed by atoms with van der Waals surface area (Å²) in [5.74, 6) is 0. The van der Waals surface area contributed by atoms with Crippen molar-refractivity contribution in [3.8, 4) is 0 Å². The molecule has 0 radical (unpaired) electrons. The van der Waals surface area contributed by atoms with E-state index in [2.05, 4.69) is 0 Å². The smallest absolute Gasteiger partial charge is 0.415 e. The summed E-state index contributed by atoms with van der Waals surface area (Å²) in [4.78, 5) is 14.1. The third-order valence-corrected chi connectivity index (χ3v) is 4.40. The van der Waals surface area contributed by atoms with E-state index < -0.39 is 0 Å². The van der Waals surface area contributed by atoms with Crippen molar-refractivity contribution >= 4 is 11.8 Å². The van der Waals surface area contributed by atoms with Crippen LogP contribution in [0.4, 0.5) is 10.5 Å². The summed E-state index contributed by atoms with van der Waals surface area (Å²) in [7, 11) is 0. The molecule has 2 fully saturated rings. The Morgan fingerprint density at radius 3 is 2.50 bits per heavy atom. The van der Waals surface area contributed by atoms with Crippen LogP contribution >= 0.6 is 0 Å². The van der Waals surface area contributed by atoms with Crippen LogP contribution in [0.1, 0.15) is 39.0 Å². The minimum Gasteiger partial charge on any atom is -0.444 e. The van der Waals surface area contributed by atoms with Crippen LogP contribution in [0.15, 0.2) is 30.3 Å². The quantitative estimate of drug-likeness (QED) is 0.754. The van der Waals surface area contributed by atoms with Crippen molar-refractivity contribution in [2.75, 3.05) is 4.90 Å². The van der Waals surface area contributed by atoms with Gasteiger partial charge in [0.25, 0.3) is 0 Å². The van der Waals surface area contributed by atoms with Crippen LogP contribution < -0.4 is 4.90 Å². The third kappa shape index (κ3) is 1.61. The van der Waals surface area contributed by atoms with Gasteiger partial charge in [0.05, 0.1) is 5.54 Å². The van der Waals surface area contributed by atoms with Gasteiger partial charge in [-0.25, -0.2) is 4.79 Å². The highest BCUT2D eigenvalue weighted by molar-refractivity contribution is 5.92. The molecule has 1 aromatic carbocycles. The highest BCUT2D eigenvalue weighted by Crippen LogP contribution is 2.44. The van der Waals surface area contributed by atoms with E-state index in [0.29, 0.717) is 0 Å².